The van der Waals surface area contributed by atoms with E-state index in [4.69, 9.17) is 20.8 Å². The largest absolute Gasteiger partial charge is 0.493 e. The first-order valence-electron chi connectivity index (χ1n) is 7.49. The van der Waals surface area contributed by atoms with E-state index in [9.17, 15) is 0 Å². The van der Waals surface area contributed by atoms with Gasteiger partial charge in [0.25, 0.3) is 0 Å². The molecule has 0 spiro atoms. The van der Waals surface area contributed by atoms with E-state index in [1.165, 1.54) is 5.56 Å². The van der Waals surface area contributed by atoms with Gasteiger partial charge in [-0.25, -0.2) is 4.42 Å². The molecule has 0 atom stereocenters. The molecule has 3 heteroatoms. The van der Waals surface area contributed by atoms with E-state index in [0.29, 0.717) is 11.6 Å². The molecular formula is C19H18ClO2+. The lowest BCUT2D eigenvalue weighted by Gasteiger charge is -2.05. The molecule has 0 fully saturated rings. The highest BCUT2D eigenvalue weighted by molar-refractivity contribution is 6.30. The molecule has 22 heavy (non-hydrogen) atoms. The zero-order chi connectivity index (χ0) is 15.5. The summed E-state index contributed by atoms with van der Waals surface area (Å²) in [7, 11) is 0. The van der Waals surface area contributed by atoms with Gasteiger partial charge in [0.05, 0.1) is 18.2 Å². The van der Waals surface area contributed by atoms with Crippen molar-refractivity contribution in [3.05, 3.63) is 59.1 Å². The topological polar surface area (TPSA) is 20.5 Å². The summed E-state index contributed by atoms with van der Waals surface area (Å²) in [6.07, 6.45) is 0.987. The second-order valence-corrected chi connectivity index (χ2v) is 5.54. The zero-order valence-electron chi connectivity index (χ0n) is 12.7. The first kappa shape index (κ1) is 14.9. The Labute approximate surface area is 135 Å². The second kappa shape index (κ2) is 6.37. The van der Waals surface area contributed by atoms with E-state index in [-0.39, 0.29) is 0 Å². The van der Waals surface area contributed by atoms with Gasteiger partial charge in [-0.15, -0.1) is 0 Å². The first-order chi connectivity index (χ1) is 10.7. The monoisotopic (exact) mass is 313 g/mol. The van der Waals surface area contributed by atoms with Gasteiger partial charge in [0.1, 0.15) is 11.1 Å². The highest BCUT2D eigenvalue weighted by atomic mass is 35.5. The smallest absolute Gasteiger partial charge is 0.364 e. The van der Waals surface area contributed by atoms with Crippen LogP contribution in [0.2, 0.25) is 5.02 Å². The Balaban J connectivity index is 2.18. The molecule has 2 aromatic carbocycles. The third-order valence-corrected chi connectivity index (χ3v) is 3.88. The number of hydrogen-bond donors (Lipinski definition) is 0. The van der Waals surface area contributed by atoms with Crippen molar-refractivity contribution in [2.45, 2.75) is 20.3 Å². The Bertz CT molecular complexity index is 794. The van der Waals surface area contributed by atoms with E-state index in [1.807, 2.05) is 43.3 Å². The van der Waals surface area contributed by atoms with E-state index in [0.717, 1.165) is 34.5 Å². The minimum Gasteiger partial charge on any atom is -0.493 e. The van der Waals surface area contributed by atoms with Crippen LogP contribution in [-0.4, -0.2) is 6.61 Å². The molecule has 0 aliphatic carbocycles. The SMILES string of the molecule is CCOc1cc(-c2ccc(Cl)cc2)[o+]c2ccc(CC)cc12. The van der Waals surface area contributed by atoms with Gasteiger partial charge in [-0.05, 0) is 55.3 Å². The van der Waals surface area contributed by atoms with Crippen molar-refractivity contribution in [3.8, 4) is 17.1 Å². The van der Waals surface area contributed by atoms with Crippen LogP contribution in [0.25, 0.3) is 22.3 Å². The lowest BCUT2D eigenvalue weighted by molar-refractivity contribution is 0.342. The van der Waals surface area contributed by atoms with E-state index in [1.54, 1.807) is 0 Å². The molecule has 2 nitrogen and oxygen atoms in total. The molecule has 0 aliphatic rings. The third kappa shape index (κ3) is 2.93. The van der Waals surface area contributed by atoms with Crippen LogP contribution in [0.4, 0.5) is 0 Å². The van der Waals surface area contributed by atoms with E-state index >= 15 is 0 Å². The van der Waals surface area contributed by atoms with Crippen molar-refractivity contribution in [1.82, 2.24) is 0 Å². The third-order valence-electron chi connectivity index (χ3n) is 3.63. The maximum Gasteiger partial charge on any atom is 0.364 e. The number of hydrogen-bond acceptors (Lipinski definition) is 1. The van der Waals surface area contributed by atoms with Crippen molar-refractivity contribution in [1.29, 1.82) is 0 Å². The van der Waals surface area contributed by atoms with Crippen LogP contribution in [-0.2, 0) is 6.42 Å². The predicted molar refractivity (Wildman–Crippen MR) is 91.6 cm³/mol. The van der Waals surface area contributed by atoms with Crippen LogP contribution >= 0.6 is 11.6 Å². The Morgan fingerprint density at radius 3 is 2.45 bits per heavy atom. The van der Waals surface area contributed by atoms with Crippen molar-refractivity contribution < 1.29 is 9.15 Å². The highest BCUT2D eigenvalue weighted by Gasteiger charge is 2.20. The Morgan fingerprint density at radius 1 is 1.00 bits per heavy atom. The highest BCUT2D eigenvalue weighted by Crippen LogP contribution is 2.33. The van der Waals surface area contributed by atoms with E-state index < -0.39 is 0 Å². The summed E-state index contributed by atoms with van der Waals surface area (Å²) < 4.78 is 11.9. The lowest BCUT2D eigenvalue weighted by atomic mass is 10.1. The van der Waals surface area contributed by atoms with Crippen LogP contribution in [0.1, 0.15) is 19.4 Å². The van der Waals surface area contributed by atoms with Gasteiger partial charge in [0, 0.05) is 11.1 Å². The summed E-state index contributed by atoms with van der Waals surface area (Å²) in [6, 6.07) is 15.8. The van der Waals surface area contributed by atoms with Gasteiger partial charge < -0.3 is 4.74 Å². The normalized spacial score (nSPS) is 10.9. The Kier molecular flexibility index (Phi) is 4.30. The van der Waals surface area contributed by atoms with Gasteiger partial charge in [0.2, 0.25) is 0 Å². The fraction of sp³-hybridized carbons (Fsp3) is 0.211. The molecule has 0 radical (unpaired) electrons. The molecule has 0 amide bonds. The molecule has 0 N–H and O–H groups in total. The molecule has 3 rings (SSSR count). The minimum atomic E-state index is 0.621. The van der Waals surface area contributed by atoms with Crippen molar-refractivity contribution >= 4 is 22.6 Å². The molecule has 0 saturated carbocycles. The number of benzene rings is 2. The predicted octanol–water partition coefficient (Wildman–Crippen LogP) is 6.00. The molecular weight excluding hydrogens is 296 g/mol. The summed E-state index contributed by atoms with van der Waals surface area (Å²) in [5.74, 6) is 1.63. The number of fused-ring (bicyclic) bond motifs is 1. The van der Waals surface area contributed by atoms with Crippen LogP contribution in [0.3, 0.4) is 0 Å². The maximum absolute atomic E-state index is 6.05. The molecule has 0 bridgehead atoms. The molecule has 1 aromatic heterocycles. The molecule has 112 valence electrons. The summed E-state index contributed by atoms with van der Waals surface area (Å²) in [5, 5.41) is 1.72. The molecule has 0 unspecified atom stereocenters. The first-order valence-corrected chi connectivity index (χ1v) is 7.87. The van der Waals surface area contributed by atoms with Crippen LogP contribution in [0, 0.1) is 0 Å². The summed E-state index contributed by atoms with van der Waals surface area (Å²) in [6.45, 7) is 4.75. The molecule has 0 aliphatic heterocycles. The second-order valence-electron chi connectivity index (χ2n) is 5.10. The summed E-state index contributed by atoms with van der Waals surface area (Å²) >= 11 is 5.95. The summed E-state index contributed by atoms with van der Waals surface area (Å²) in [5.41, 5.74) is 3.07. The number of rotatable bonds is 4. The minimum absolute atomic E-state index is 0.621. The van der Waals surface area contributed by atoms with Crippen molar-refractivity contribution in [3.63, 3.8) is 0 Å². The molecule has 3 aromatic rings. The summed E-state index contributed by atoms with van der Waals surface area (Å²) in [4.78, 5) is 0. The number of ether oxygens (including phenoxy) is 1. The van der Waals surface area contributed by atoms with Crippen LogP contribution in [0.15, 0.2) is 52.9 Å². The van der Waals surface area contributed by atoms with Gasteiger partial charge in [-0.2, -0.15) is 0 Å². The Morgan fingerprint density at radius 2 is 1.77 bits per heavy atom. The fourth-order valence-corrected chi connectivity index (χ4v) is 2.58. The fourth-order valence-electron chi connectivity index (χ4n) is 2.45. The standard InChI is InChI=1S/C19H18ClO2/c1-3-13-5-10-17-16(11-13)19(21-4-2)12-18(22-17)14-6-8-15(20)9-7-14/h5-12H,3-4H2,1-2H3/q+1. The van der Waals surface area contributed by atoms with Gasteiger partial charge >= 0.3 is 11.3 Å². The lowest BCUT2D eigenvalue weighted by Crippen LogP contribution is -1.94. The molecule has 1 heterocycles. The number of aryl methyl sites for hydroxylation is 1. The average Bonchev–Trinajstić information content (AvgIpc) is 2.55. The van der Waals surface area contributed by atoms with Gasteiger partial charge in [-0.1, -0.05) is 18.5 Å². The van der Waals surface area contributed by atoms with Gasteiger partial charge in [-0.3, -0.25) is 0 Å². The van der Waals surface area contributed by atoms with Crippen LogP contribution < -0.4 is 4.74 Å². The van der Waals surface area contributed by atoms with E-state index in [2.05, 4.69) is 19.1 Å². The van der Waals surface area contributed by atoms with Crippen molar-refractivity contribution in [2.24, 2.45) is 0 Å². The van der Waals surface area contributed by atoms with Crippen LogP contribution in [0.5, 0.6) is 5.75 Å². The number of halogens is 1. The maximum atomic E-state index is 6.05. The molecule has 0 saturated heterocycles. The zero-order valence-corrected chi connectivity index (χ0v) is 13.5. The van der Waals surface area contributed by atoms with Crippen molar-refractivity contribution in [2.75, 3.05) is 6.61 Å². The van der Waals surface area contributed by atoms with Gasteiger partial charge in [0.15, 0.2) is 0 Å². The average molecular weight is 314 g/mol. The quantitative estimate of drug-likeness (QED) is 0.551. The Hall–Kier alpha value is -2.06.